The number of aliphatic hydroxyl groups excluding tert-OH is 11. The van der Waals surface area contributed by atoms with Crippen LogP contribution in [0, 0.1) is 0 Å². The Bertz CT molecular complexity index is 1480. The smallest absolute Gasteiger partial charge is 0.220 e. The molecule has 0 aromatic heterocycles. The molecule has 1 amide bonds. The fourth-order valence-corrected chi connectivity index (χ4v) is 9.89. The number of carbonyl (C=O) groups is 1. The van der Waals surface area contributed by atoms with Crippen LogP contribution in [0.5, 0.6) is 0 Å². The number of hydrogen-bond donors (Lipinski definition) is 12. The summed E-state index contributed by atoms with van der Waals surface area (Å²) in [6.07, 6.45) is 13.1. The molecule has 0 saturated carbocycles. The summed E-state index contributed by atoms with van der Waals surface area (Å²) < 4.78 is 34.2. The fourth-order valence-electron chi connectivity index (χ4n) is 9.89. The van der Waals surface area contributed by atoms with Gasteiger partial charge in [0.1, 0.15) is 73.2 Å². The van der Waals surface area contributed by atoms with E-state index in [4.69, 9.17) is 28.4 Å². The van der Waals surface area contributed by atoms with Gasteiger partial charge in [-0.3, -0.25) is 4.79 Å². The average Bonchev–Trinajstić information content (AvgIpc) is 3.41. The van der Waals surface area contributed by atoms with Crippen molar-refractivity contribution in [3.05, 3.63) is 24.3 Å². The number of unbranched alkanes of at least 4 members (excludes halogenated alkanes) is 24. The highest BCUT2D eigenvalue weighted by Gasteiger charge is 2.53. The summed E-state index contributed by atoms with van der Waals surface area (Å²) in [5.74, 6) is -0.280. The number of carbonyl (C=O) groups excluding carboxylic acids is 1. The van der Waals surface area contributed by atoms with Crippen LogP contribution in [0.25, 0.3) is 0 Å². The molecule has 0 aromatic carbocycles. The van der Waals surface area contributed by atoms with Gasteiger partial charge in [0.25, 0.3) is 0 Å². The molecule has 17 unspecified atom stereocenters. The Kier molecular flexibility index (Phi) is 36.4. The molecule has 19 heteroatoms. The molecule has 17 atom stereocenters. The number of ether oxygens (including phenoxy) is 6. The second-order valence-electron chi connectivity index (χ2n) is 21.1. The molecule has 3 heterocycles. The molecule has 3 aliphatic heterocycles. The van der Waals surface area contributed by atoms with E-state index in [-0.39, 0.29) is 18.9 Å². The van der Waals surface area contributed by atoms with Crippen molar-refractivity contribution in [1.29, 1.82) is 0 Å². The molecule has 75 heavy (non-hydrogen) atoms. The molecule has 0 spiro atoms. The minimum Gasteiger partial charge on any atom is -0.394 e. The Labute approximate surface area is 448 Å². The molecular formula is C56H103NO18. The first-order valence-corrected chi connectivity index (χ1v) is 29.1. The van der Waals surface area contributed by atoms with Crippen molar-refractivity contribution in [2.75, 3.05) is 26.4 Å². The quantitative estimate of drug-likeness (QED) is 0.0298. The Balaban J connectivity index is 1.50. The third-order valence-corrected chi connectivity index (χ3v) is 14.7. The van der Waals surface area contributed by atoms with Crippen LogP contribution in [0.4, 0.5) is 0 Å². The molecule has 19 nitrogen and oxygen atoms in total. The lowest BCUT2D eigenvalue weighted by atomic mass is 9.96. The van der Waals surface area contributed by atoms with E-state index < -0.39 is 124 Å². The van der Waals surface area contributed by atoms with Crippen LogP contribution < -0.4 is 5.32 Å². The summed E-state index contributed by atoms with van der Waals surface area (Å²) in [5, 5.41) is 120. The van der Waals surface area contributed by atoms with E-state index in [9.17, 15) is 61.0 Å². The van der Waals surface area contributed by atoms with E-state index in [1.807, 2.05) is 6.08 Å². The van der Waals surface area contributed by atoms with Gasteiger partial charge in [-0.05, 0) is 44.9 Å². The van der Waals surface area contributed by atoms with E-state index >= 15 is 0 Å². The summed E-state index contributed by atoms with van der Waals surface area (Å²) in [6.45, 7) is 1.69. The molecule has 0 radical (unpaired) electrons. The first kappa shape index (κ1) is 67.5. The van der Waals surface area contributed by atoms with Crippen LogP contribution in [-0.2, 0) is 33.2 Å². The van der Waals surface area contributed by atoms with Gasteiger partial charge in [0.05, 0.1) is 38.6 Å². The fraction of sp³-hybridized carbons (Fsp3) is 0.911. The monoisotopic (exact) mass is 1080 g/mol. The van der Waals surface area contributed by atoms with Gasteiger partial charge >= 0.3 is 0 Å². The predicted molar refractivity (Wildman–Crippen MR) is 282 cm³/mol. The summed E-state index contributed by atoms with van der Waals surface area (Å²) in [5.41, 5.74) is 0. The van der Waals surface area contributed by atoms with Gasteiger partial charge in [-0.25, -0.2) is 0 Å². The number of rotatable bonds is 42. The summed E-state index contributed by atoms with van der Waals surface area (Å²) in [4.78, 5) is 13.3. The third-order valence-electron chi connectivity index (χ3n) is 14.7. The van der Waals surface area contributed by atoms with Crippen molar-refractivity contribution in [2.45, 2.75) is 298 Å². The van der Waals surface area contributed by atoms with Crippen molar-refractivity contribution in [2.24, 2.45) is 0 Å². The van der Waals surface area contributed by atoms with Gasteiger partial charge in [0.2, 0.25) is 5.91 Å². The zero-order chi connectivity index (χ0) is 54.8. The van der Waals surface area contributed by atoms with E-state index in [1.165, 1.54) is 116 Å². The van der Waals surface area contributed by atoms with Gasteiger partial charge in [0.15, 0.2) is 18.9 Å². The van der Waals surface area contributed by atoms with Crippen molar-refractivity contribution < 1.29 is 89.4 Å². The zero-order valence-electron chi connectivity index (χ0n) is 45.5. The third kappa shape index (κ3) is 25.1. The Hall–Kier alpha value is -1.73. The van der Waals surface area contributed by atoms with Gasteiger partial charge in [-0.15, -0.1) is 0 Å². The summed E-state index contributed by atoms with van der Waals surface area (Å²) in [7, 11) is 0. The van der Waals surface area contributed by atoms with E-state index in [0.29, 0.717) is 6.42 Å². The Morgan fingerprint density at radius 3 is 1.29 bits per heavy atom. The molecule has 3 saturated heterocycles. The second-order valence-corrected chi connectivity index (χ2v) is 21.1. The molecule has 440 valence electrons. The van der Waals surface area contributed by atoms with Crippen molar-refractivity contribution in [1.82, 2.24) is 5.32 Å². The SMILES string of the molecule is CCCCCCCC/C=C\CCCCCCCCCCCC(=O)NC(COC1OC(CO)C(OC2OC(CO)C(OC3OC(CO)C(O)C(O)C3O)C(O)C2O)C(O)C1O)C(O)/C=C/CCCCCCCCCCC. The van der Waals surface area contributed by atoms with Crippen LogP contribution >= 0.6 is 0 Å². The van der Waals surface area contributed by atoms with E-state index in [1.54, 1.807) is 6.08 Å². The highest BCUT2D eigenvalue weighted by Crippen LogP contribution is 2.33. The summed E-state index contributed by atoms with van der Waals surface area (Å²) in [6, 6.07) is -0.969. The largest absolute Gasteiger partial charge is 0.394 e. The number of nitrogens with one attached hydrogen (secondary N) is 1. The van der Waals surface area contributed by atoms with Crippen molar-refractivity contribution in [3.63, 3.8) is 0 Å². The van der Waals surface area contributed by atoms with Crippen molar-refractivity contribution in [3.8, 4) is 0 Å². The second kappa shape index (κ2) is 40.4. The summed E-state index contributed by atoms with van der Waals surface area (Å²) >= 11 is 0. The average molecular weight is 1080 g/mol. The highest BCUT2D eigenvalue weighted by atomic mass is 16.8. The minimum atomic E-state index is -1.98. The van der Waals surface area contributed by atoms with Crippen LogP contribution in [0.15, 0.2) is 24.3 Å². The Morgan fingerprint density at radius 2 is 0.840 bits per heavy atom. The van der Waals surface area contributed by atoms with Gasteiger partial charge < -0.3 is 89.9 Å². The van der Waals surface area contributed by atoms with Crippen LogP contribution in [0.1, 0.15) is 194 Å². The zero-order valence-corrected chi connectivity index (χ0v) is 45.5. The normalized spacial score (nSPS) is 31.3. The molecular weight excluding hydrogens is 975 g/mol. The van der Waals surface area contributed by atoms with Crippen LogP contribution in [-0.4, -0.2) is 193 Å². The maximum absolute atomic E-state index is 13.3. The number of allylic oxidation sites excluding steroid dienone is 3. The number of aliphatic hydroxyl groups is 11. The lowest BCUT2D eigenvalue weighted by Crippen LogP contribution is -2.66. The first-order chi connectivity index (χ1) is 36.3. The molecule has 0 aliphatic carbocycles. The number of amides is 1. The highest BCUT2D eigenvalue weighted by molar-refractivity contribution is 5.76. The minimum absolute atomic E-state index is 0.242. The predicted octanol–water partition coefficient (Wildman–Crippen LogP) is 4.37. The maximum atomic E-state index is 13.3. The van der Waals surface area contributed by atoms with Crippen LogP contribution in [0.2, 0.25) is 0 Å². The van der Waals surface area contributed by atoms with Crippen molar-refractivity contribution >= 4 is 5.91 Å². The van der Waals surface area contributed by atoms with E-state index in [2.05, 4.69) is 31.3 Å². The molecule has 0 aromatic rings. The van der Waals surface area contributed by atoms with Gasteiger partial charge in [-0.1, -0.05) is 167 Å². The lowest BCUT2D eigenvalue weighted by Gasteiger charge is -2.48. The number of hydrogen-bond acceptors (Lipinski definition) is 18. The molecule has 0 bridgehead atoms. The molecule has 12 N–H and O–H groups in total. The topological polar surface area (TPSA) is 307 Å². The Morgan fingerprint density at radius 1 is 0.467 bits per heavy atom. The molecule has 3 aliphatic rings. The van der Waals surface area contributed by atoms with Gasteiger partial charge in [-0.2, -0.15) is 0 Å². The van der Waals surface area contributed by atoms with Gasteiger partial charge in [0, 0.05) is 6.42 Å². The lowest BCUT2D eigenvalue weighted by molar-refractivity contribution is -0.379. The standard InChI is InChI=1S/C56H103NO18/c1-3-5-7-9-11-13-15-16-17-18-19-20-21-22-24-26-28-30-32-34-44(62)57-39(40(61)33-31-29-27-25-23-14-12-10-8-6-4-2)38-70-54-50(68)47(65)52(42(36-59)72-54)75-56-51(69)48(66)53(43(37-60)73-56)74-55-49(67)46(64)45(63)41(35-58)71-55/h16-17,31,33,39-43,45-56,58-61,63-69H,3-15,18-30,32,34-38H2,1-2H3,(H,57,62)/b17-16-,33-31+. The van der Waals surface area contributed by atoms with E-state index in [0.717, 1.165) is 51.4 Å². The molecule has 3 rings (SSSR count). The maximum Gasteiger partial charge on any atom is 0.220 e. The van der Waals surface area contributed by atoms with Crippen LogP contribution in [0.3, 0.4) is 0 Å². The molecule has 3 fully saturated rings. The first-order valence-electron chi connectivity index (χ1n) is 29.1.